The molecule has 0 bridgehead atoms. The summed E-state index contributed by atoms with van der Waals surface area (Å²) in [6.45, 7) is 4.14. The van der Waals surface area contributed by atoms with E-state index in [1.54, 1.807) is 12.1 Å². The number of carbonyl (C=O) groups is 1. The van der Waals surface area contributed by atoms with Gasteiger partial charge in [-0.1, -0.05) is 13.3 Å². The molecule has 3 nitrogen and oxygen atoms in total. The second-order valence-electron chi connectivity index (χ2n) is 3.24. The van der Waals surface area contributed by atoms with Crippen molar-refractivity contribution in [1.29, 1.82) is 0 Å². The molecule has 0 spiro atoms. The molecule has 0 aromatic carbocycles. The maximum absolute atomic E-state index is 10.8. The predicted octanol–water partition coefficient (Wildman–Crippen LogP) is 2.55. The summed E-state index contributed by atoms with van der Waals surface area (Å²) in [5.74, 6) is -0.854. The second-order valence-corrected chi connectivity index (χ2v) is 3.24. The SMILES string of the molecule is CCCC(C)n1cccc1C(=O)O. The van der Waals surface area contributed by atoms with Crippen LogP contribution < -0.4 is 0 Å². The van der Waals surface area contributed by atoms with Gasteiger partial charge in [-0.3, -0.25) is 0 Å². The summed E-state index contributed by atoms with van der Waals surface area (Å²) in [6.07, 6.45) is 3.90. The Morgan fingerprint density at radius 3 is 2.92 bits per heavy atom. The summed E-state index contributed by atoms with van der Waals surface area (Å²) in [5, 5.41) is 8.85. The molecule has 1 unspecified atom stereocenters. The van der Waals surface area contributed by atoms with Gasteiger partial charge in [0.2, 0.25) is 0 Å². The molecule has 72 valence electrons. The van der Waals surface area contributed by atoms with Crippen molar-refractivity contribution in [2.24, 2.45) is 0 Å². The third-order valence-electron chi connectivity index (χ3n) is 2.18. The van der Waals surface area contributed by atoms with E-state index in [0.717, 1.165) is 12.8 Å². The molecule has 0 saturated carbocycles. The number of rotatable bonds is 4. The van der Waals surface area contributed by atoms with E-state index < -0.39 is 5.97 Å². The van der Waals surface area contributed by atoms with Crippen molar-refractivity contribution >= 4 is 5.97 Å². The Morgan fingerprint density at radius 1 is 1.69 bits per heavy atom. The predicted molar refractivity (Wildman–Crippen MR) is 51.0 cm³/mol. The topological polar surface area (TPSA) is 42.2 Å². The number of aromatic carboxylic acids is 1. The quantitative estimate of drug-likeness (QED) is 0.775. The van der Waals surface area contributed by atoms with Crippen molar-refractivity contribution in [3.05, 3.63) is 24.0 Å². The van der Waals surface area contributed by atoms with E-state index in [-0.39, 0.29) is 6.04 Å². The fraction of sp³-hybridized carbons (Fsp3) is 0.500. The summed E-state index contributed by atoms with van der Waals surface area (Å²) in [5.41, 5.74) is 0.376. The standard InChI is InChI=1S/C10H15NO2/c1-3-5-8(2)11-7-4-6-9(11)10(12)13/h4,6-8H,3,5H2,1-2H3,(H,12,13). The molecule has 1 N–H and O–H groups in total. The second kappa shape index (κ2) is 4.12. The van der Waals surface area contributed by atoms with E-state index in [9.17, 15) is 4.79 Å². The minimum atomic E-state index is -0.854. The molecule has 1 heterocycles. The number of carboxylic acid groups (broad SMARTS) is 1. The van der Waals surface area contributed by atoms with Crippen LogP contribution in [0.25, 0.3) is 0 Å². The lowest BCUT2D eigenvalue weighted by Gasteiger charge is -2.14. The van der Waals surface area contributed by atoms with E-state index in [4.69, 9.17) is 5.11 Å². The van der Waals surface area contributed by atoms with Crippen LogP contribution in [0.2, 0.25) is 0 Å². The van der Waals surface area contributed by atoms with Gasteiger partial charge >= 0.3 is 5.97 Å². The highest BCUT2D eigenvalue weighted by atomic mass is 16.4. The summed E-state index contributed by atoms with van der Waals surface area (Å²) in [4.78, 5) is 10.8. The van der Waals surface area contributed by atoms with Crippen LogP contribution in [0.3, 0.4) is 0 Å². The number of carboxylic acids is 1. The van der Waals surface area contributed by atoms with Gasteiger partial charge in [0, 0.05) is 12.2 Å². The normalized spacial score (nSPS) is 12.8. The monoisotopic (exact) mass is 181 g/mol. The van der Waals surface area contributed by atoms with Gasteiger partial charge in [-0.2, -0.15) is 0 Å². The highest BCUT2D eigenvalue weighted by Gasteiger charge is 2.12. The van der Waals surface area contributed by atoms with Crippen LogP contribution >= 0.6 is 0 Å². The van der Waals surface area contributed by atoms with Gasteiger partial charge < -0.3 is 9.67 Å². The van der Waals surface area contributed by atoms with E-state index in [2.05, 4.69) is 6.92 Å². The van der Waals surface area contributed by atoms with E-state index in [0.29, 0.717) is 5.69 Å². The molecule has 0 aliphatic carbocycles. The highest BCUT2D eigenvalue weighted by Crippen LogP contribution is 2.16. The molecule has 1 rings (SSSR count). The Kier molecular flexibility index (Phi) is 3.12. The summed E-state index contributed by atoms with van der Waals surface area (Å²) < 4.78 is 1.81. The molecule has 0 aliphatic heterocycles. The van der Waals surface area contributed by atoms with Crippen LogP contribution in [0.15, 0.2) is 18.3 Å². The third-order valence-corrected chi connectivity index (χ3v) is 2.18. The van der Waals surface area contributed by atoms with E-state index >= 15 is 0 Å². The summed E-state index contributed by atoms with van der Waals surface area (Å²) in [7, 11) is 0. The molecule has 0 radical (unpaired) electrons. The molecule has 1 atom stereocenters. The Hall–Kier alpha value is -1.25. The van der Waals surface area contributed by atoms with Gasteiger partial charge in [0.05, 0.1) is 0 Å². The van der Waals surface area contributed by atoms with Crippen molar-refractivity contribution in [1.82, 2.24) is 4.57 Å². The van der Waals surface area contributed by atoms with Crippen molar-refractivity contribution in [3.8, 4) is 0 Å². The van der Waals surface area contributed by atoms with Gasteiger partial charge in [-0.25, -0.2) is 4.79 Å². The largest absolute Gasteiger partial charge is 0.477 e. The average Bonchev–Trinajstić information content (AvgIpc) is 2.52. The van der Waals surface area contributed by atoms with Crippen LogP contribution in [-0.2, 0) is 0 Å². The van der Waals surface area contributed by atoms with Crippen molar-refractivity contribution in [2.45, 2.75) is 32.7 Å². The van der Waals surface area contributed by atoms with Crippen LogP contribution in [0.4, 0.5) is 0 Å². The molecule has 1 aromatic rings. The number of nitrogens with zero attached hydrogens (tertiary/aromatic N) is 1. The van der Waals surface area contributed by atoms with Gasteiger partial charge in [-0.05, 0) is 25.5 Å². The van der Waals surface area contributed by atoms with Crippen LogP contribution in [0.1, 0.15) is 43.2 Å². The summed E-state index contributed by atoms with van der Waals surface area (Å²) in [6, 6.07) is 3.68. The summed E-state index contributed by atoms with van der Waals surface area (Å²) >= 11 is 0. The smallest absolute Gasteiger partial charge is 0.352 e. The van der Waals surface area contributed by atoms with E-state index in [1.807, 2.05) is 17.7 Å². The minimum absolute atomic E-state index is 0.270. The number of hydrogen-bond acceptors (Lipinski definition) is 1. The minimum Gasteiger partial charge on any atom is -0.477 e. The Bertz CT molecular complexity index is 291. The molecule has 0 amide bonds. The fourth-order valence-electron chi connectivity index (χ4n) is 1.52. The zero-order chi connectivity index (χ0) is 9.84. The average molecular weight is 181 g/mol. The first-order chi connectivity index (χ1) is 6.16. The maximum Gasteiger partial charge on any atom is 0.352 e. The molecular formula is C10H15NO2. The van der Waals surface area contributed by atoms with Gasteiger partial charge in [0.1, 0.15) is 5.69 Å². The van der Waals surface area contributed by atoms with Crippen molar-refractivity contribution in [2.75, 3.05) is 0 Å². The molecule has 0 saturated heterocycles. The Labute approximate surface area is 78.0 Å². The van der Waals surface area contributed by atoms with Crippen LogP contribution in [-0.4, -0.2) is 15.6 Å². The van der Waals surface area contributed by atoms with Gasteiger partial charge in [0.15, 0.2) is 0 Å². The van der Waals surface area contributed by atoms with Crippen molar-refractivity contribution in [3.63, 3.8) is 0 Å². The highest BCUT2D eigenvalue weighted by molar-refractivity contribution is 5.85. The van der Waals surface area contributed by atoms with Crippen LogP contribution in [0.5, 0.6) is 0 Å². The molecular weight excluding hydrogens is 166 g/mol. The molecule has 0 aliphatic rings. The Morgan fingerprint density at radius 2 is 2.38 bits per heavy atom. The molecule has 13 heavy (non-hydrogen) atoms. The number of hydrogen-bond donors (Lipinski definition) is 1. The lowest BCUT2D eigenvalue weighted by atomic mass is 10.2. The lowest BCUT2D eigenvalue weighted by molar-refractivity contribution is 0.0682. The van der Waals surface area contributed by atoms with Crippen molar-refractivity contribution < 1.29 is 9.90 Å². The first-order valence-electron chi connectivity index (χ1n) is 4.57. The lowest BCUT2D eigenvalue weighted by Crippen LogP contribution is -2.11. The first-order valence-corrected chi connectivity index (χ1v) is 4.57. The maximum atomic E-state index is 10.8. The zero-order valence-electron chi connectivity index (χ0n) is 8.03. The fourth-order valence-corrected chi connectivity index (χ4v) is 1.52. The van der Waals surface area contributed by atoms with Gasteiger partial charge in [0.25, 0.3) is 0 Å². The number of aromatic nitrogens is 1. The van der Waals surface area contributed by atoms with E-state index in [1.165, 1.54) is 0 Å². The first kappa shape index (κ1) is 9.84. The molecule has 0 fully saturated rings. The third kappa shape index (κ3) is 2.11. The molecule has 1 aromatic heterocycles. The Balaban J connectivity index is 2.86. The van der Waals surface area contributed by atoms with Gasteiger partial charge in [-0.15, -0.1) is 0 Å². The van der Waals surface area contributed by atoms with Crippen LogP contribution in [0, 0.1) is 0 Å². The molecule has 3 heteroatoms. The zero-order valence-corrected chi connectivity index (χ0v) is 8.03.